The second-order valence-electron chi connectivity index (χ2n) is 6.51. The molecule has 126 valence electrons. The standard InChI is InChI=1S/C23H23NO/c1-3-4-14-24-16-21(20-10-7-11-22(25-2)23(20)24)19-13-12-17-8-5-6-9-18(17)15-19/h5-13,15-16H,3-4,14H2,1-2H3. The summed E-state index contributed by atoms with van der Waals surface area (Å²) < 4.78 is 8.00. The number of unbranched alkanes of at least 4 members (excludes halogenated alkanes) is 1. The summed E-state index contributed by atoms with van der Waals surface area (Å²) in [6.07, 6.45) is 4.63. The molecule has 0 spiro atoms. The van der Waals surface area contributed by atoms with E-state index in [0.717, 1.165) is 12.3 Å². The third-order valence-electron chi connectivity index (χ3n) is 4.89. The molecule has 0 aliphatic heterocycles. The smallest absolute Gasteiger partial charge is 0.143 e. The van der Waals surface area contributed by atoms with Gasteiger partial charge in [-0.2, -0.15) is 0 Å². The molecule has 4 aromatic rings. The lowest BCUT2D eigenvalue weighted by atomic mass is 10.0. The molecule has 1 heterocycles. The van der Waals surface area contributed by atoms with Crippen molar-refractivity contribution >= 4 is 21.7 Å². The summed E-state index contributed by atoms with van der Waals surface area (Å²) in [5.74, 6) is 0.945. The molecule has 0 amide bonds. The summed E-state index contributed by atoms with van der Waals surface area (Å²) in [5, 5.41) is 3.81. The van der Waals surface area contributed by atoms with E-state index in [-0.39, 0.29) is 0 Å². The number of hydrogen-bond acceptors (Lipinski definition) is 1. The molecule has 1 aromatic heterocycles. The van der Waals surface area contributed by atoms with Gasteiger partial charge in [0, 0.05) is 23.7 Å². The Balaban J connectivity index is 1.93. The van der Waals surface area contributed by atoms with Gasteiger partial charge < -0.3 is 9.30 Å². The van der Waals surface area contributed by atoms with E-state index in [0.29, 0.717) is 0 Å². The van der Waals surface area contributed by atoms with Crippen molar-refractivity contribution in [1.29, 1.82) is 0 Å². The first kappa shape index (κ1) is 15.8. The summed E-state index contributed by atoms with van der Waals surface area (Å²) in [6.45, 7) is 3.24. The summed E-state index contributed by atoms with van der Waals surface area (Å²) >= 11 is 0. The van der Waals surface area contributed by atoms with E-state index < -0.39 is 0 Å². The van der Waals surface area contributed by atoms with Gasteiger partial charge in [-0.15, -0.1) is 0 Å². The highest BCUT2D eigenvalue weighted by atomic mass is 16.5. The number of aromatic nitrogens is 1. The average molecular weight is 329 g/mol. The Morgan fingerprint density at radius 1 is 0.920 bits per heavy atom. The minimum atomic E-state index is 0.945. The first-order chi connectivity index (χ1) is 12.3. The Hall–Kier alpha value is -2.74. The van der Waals surface area contributed by atoms with E-state index in [1.54, 1.807) is 7.11 Å². The SMILES string of the molecule is CCCCn1cc(-c2ccc3ccccc3c2)c2cccc(OC)c21. The van der Waals surface area contributed by atoms with Gasteiger partial charge in [0.05, 0.1) is 12.6 Å². The topological polar surface area (TPSA) is 14.2 Å². The summed E-state index contributed by atoms with van der Waals surface area (Å²) in [4.78, 5) is 0. The predicted octanol–water partition coefficient (Wildman–Crippen LogP) is 6.27. The fraction of sp³-hybridized carbons (Fsp3) is 0.217. The molecule has 0 saturated heterocycles. The van der Waals surface area contributed by atoms with Gasteiger partial charge in [0.1, 0.15) is 5.75 Å². The van der Waals surface area contributed by atoms with Crippen LogP contribution < -0.4 is 4.74 Å². The highest BCUT2D eigenvalue weighted by Crippen LogP contribution is 2.36. The second kappa shape index (κ2) is 6.64. The molecular formula is C23H23NO. The van der Waals surface area contributed by atoms with Crippen LogP contribution in [0.15, 0.2) is 66.9 Å². The van der Waals surface area contributed by atoms with Crippen LogP contribution in [0.5, 0.6) is 5.75 Å². The lowest BCUT2D eigenvalue weighted by molar-refractivity contribution is 0.417. The monoisotopic (exact) mass is 329 g/mol. The van der Waals surface area contributed by atoms with E-state index in [2.05, 4.69) is 78.4 Å². The number of hydrogen-bond donors (Lipinski definition) is 0. The Morgan fingerprint density at radius 2 is 1.76 bits per heavy atom. The predicted molar refractivity (Wildman–Crippen MR) is 106 cm³/mol. The average Bonchev–Trinajstić information content (AvgIpc) is 3.05. The van der Waals surface area contributed by atoms with Crippen molar-refractivity contribution in [3.8, 4) is 16.9 Å². The Kier molecular flexibility index (Phi) is 4.19. The highest BCUT2D eigenvalue weighted by Gasteiger charge is 2.14. The molecule has 0 aliphatic carbocycles. The molecule has 0 fully saturated rings. The summed E-state index contributed by atoms with van der Waals surface area (Å²) in [5.41, 5.74) is 3.73. The van der Waals surface area contributed by atoms with Crippen LogP contribution in [0.1, 0.15) is 19.8 Å². The molecule has 25 heavy (non-hydrogen) atoms. The van der Waals surface area contributed by atoms with Gasteiger partial charge in [0.15, 0.2) is 0 Å². The maximum Gasteiger partial charge on any atom is 0.143 e. The molecule has 0 bridgehead atoms. The molecular weight excluding hydrogens is 306 g/mol. The number of ether oxygens (including phenoxy) is 1. The van der Waals surface area contributed by atoms with Crippen molar-refractivity contribution in [3.05, 3.63) is 66.9 Å². The van der Waals surface area contributed by atoms with Gasteiger partial charge in [-0.1, -0.05) is 61.9 Å². The van der Waals surface area contributed by atoms with Gasteiger partial charge in [0.25, 0.3) is 0 Å². The zero-order valence-corrected chi connectivity index (χ0v) is 14.8. The first-order valence-corrected chi connectivity index (χ1v) is 8.97. The molecule has 0 saturated carbocycles. The van der Waals surface area contributed by atoms with Crippen LogP contribution >= 0.6 is 0 Å². The van der Waals surface area contributed by atoms with Crippen molar-refractivity contribution in [1.82, 2.24) is 4.57 Å². The lowest BCUT2D eigenvalue weighted by Gasteiger charge is -2.08. The van der Waals surface area contributed by atoms with Crippen LogP contribution in [0.2, 0.25) is 0 Å². The van der Waals surface area contributed by atoms with Crippen molar-refractivity contribution in [3.63, 3.8) is 0 Å². The van der Waals surface area contributed by atoms with Gasteiger partial charge in [-0.05, 0) is 34.9 Å². The van der Waals surface area contributed by atoms with Crippen LogP contribution in [0.3, 0.4) is 0 Å². The fourth-order valence-corrected chi connectivity index (χ4v) is 3.58. The van der Waals surface area contributed by atoms with Crippen LogP contribution in [0.4, 0.5) is 0 Å². The van der Waals surface area contributed by atoms with Crippen molar-refractivity contribution in [2.45, 2.75) is 26.3 Å². The van der Waals surface area contributed by atoms with E-state index in [4.69, 9.17) is 4.74 Å². The molecule has 2 nitrogen and oxygen atoms in total. The number of nitrogens with zero attached hydrogens (tertiary/aromatic N) is 1. The first-order valence-electron chi connectivity index (χ1n) is 8.97. The zero-order valence-electron chi connectivity index (χ0n) is 14.8. The van der Waals surface area contributed by atoms with Gasteiger partial charge >= 0.3 is 0 Å². The van der Waals surface area contributed by atoms with Crippen LogP contribution in [0.25, 0.3) is 32.8 Å². The quantitative estimate of drug-likeness (QED) is 0.421. The number of aryl methyl sites for hydroxylation is 1. The highest BCUT2D eigenvalue weighted by molar-refractivity contribution is 6.01. The van der Waals surface area contributed by atoms with E-state index in [9.17, 15) is 0 Å². The molecule has 0 unspecified atom stereocenters. The third kappa shape index (κ3) is 2.78. The van der Waals surface area contributed by atoms with E-state index >= 15 is 0 Å². The molecule has 3 aromatic carbocycles. The zero-order chi connectivity index (χ0) is 17.2. The summed E-state index contributed by atoms with van der Waals surface area (Å²) in [6, 6.07) is 21.6. The van der Waals surface area contributed by atoms with Crippen LogP contribution in [0, 0.1) is 0 Å². The minimum absolute atomic E-state index is 0.945. The van der Waals surface area contributed by atoms with E-state index in [1.807, 2.05) is 0 Å². The maximum absolute atomic E-state index is 5.65. The van der Waals surface area contributed by atoms with Crippen LogP contribution in [-0.4, -0.2) is 11.7 Å². The lowest BCUT2D eigenvalue weighted by Crippen LogP contribution is -1.97. The minimum Gasteiger partial charge on any atom is -0.495 e. The Labute approximate surface area is 148 Å². The Bertz CT molecular complexity index is 1030. The molecule has 0 radical (unpaired) electrons. The Morgan fingerprint density at radius 3 is 2.56 bits per heavy atom. The fourth-order valence-electron chi connectivity index (χ4n) is 3.58. The van der Waals surface area contributed by atoms with Gasteiger partial charge in [-0.3, -0.25) is 0 Å². The second-order valence-corrected chi connectivity index (χ2v) is 6.51. The molecule has 0 atom stereocenters. The number of rotatable bonds is 5. The van der Waals surface area contributed by atoms with E-state index in [1.165, 1.54) is 45.6 Å². The summed E-state index contributed by atoms with van der Waals surface area (Å²) in [7, 11) is 1.75. The molecule has 4 rings (SSSR count). The number of para-hydroxylation sites is 1. The number of methoxy groups -OCH3 is 1. The van der Waals surface area contributed by atoms with Crippen molar-refractivity contribution < 1.29 is 4.74 Å². The van der Waals surface area contributed by atoms with Gasteiger partial charge in [-0.25, -0.2) is 0 Å². The molecule has 2 heteroatoms. The molecule has 0 N–H and O–H groups in total. The third-order valence-corrected chi connectivity index (χ3v) is 4.89. The molecule has 0 aliphatic rings. The normalized spacial score (nSPS) is 11.3. The van der Waals surface area contributed by atoms with Gasteiger partial charge in [0.2, 0.25) is 0 Å². The number of benzene rings is 3. The van der Waals surface area contributed by atoms with Crippen LogP contribution in [-0.2, 0) is 6.54 Å². The maximum atomic E-state index is 5.65. The van der Waals surface area contributed by atoms with Crippen molar-refractivity contribution in [2.75, 3.05) is 7.11 Å². The number of fused-ring (bicyclic) bond motifs is 2. The largest absolute Gasteiger partial charge is 0.495 e. The van der Waals surface area contributed by atoms with Crippen molar-refractivity contribution in [2.24, 2.45) is 0 Å².